The predicted octanol–water partition coefficient (Wildman–Crippen LogP) is 4.54. The summed E-state index contributed by atoms with van der Waals surface area (Å²) >= 11 is 0. The largest absolute Gasteiger partial charge is 0.381 e. The van der Waals surface area contributed by atoms with E-state index in [1.165, 1.54) is 6.20 Å². The van der Waals surface area contributed by atoms with Crippen LogP contribution in [0.5, 0.6) is 0 Å². The van der Waals surface area contributed by atoms with E-state index in [0.29, 0.717) is 55.3 Å². The molecule has 6 rings (SSSR count). The summed E-state index contributed by atoms with van der Waals surface area (Å²) in [7, 11) is 0. The Morgan fingerprint density at radius 3 is 2.56 bits per heavy atom. The number of nitrogens with one attached hydrogen (secondary N) is 2. The van der Waals surface area contributed by atoms with Gasteiger partial charge in [-0.05, 0) is 37.5 Å². The molecule has 1 fully saturated rings. The Morgan fingerprint density at radius 1 is 1.05 bits per heavy atom. The fraction of sp³-hybridized carbons (Fsp3) is 0.258. The summed E-state index contributed by atoms with van der Waals surface area (Å²) in [5, 5.41) is 10.2. The highest BCUT2D eigenvalue weighted by Crippen LogP contribution is 2.32. The molecule has 0 radical (unpaired) electrons. The molecule has 0 aliphatic carbocycles. The van der Waals surface area contributed by atoms with Crippen LogP contribution in [-0.2, 0) is 16.0 Å². The molecule has 4 heterocycles. The van der Waals surface area contributed by atoms with Crippen LogP contribution in [0.25, 0.3) is 11.3 Å². The number of anilines is 1. The number of aliphatic imine (C=N–C) groups is 1. The number of ether oxygens (including phenoxy) is 1. The first-order chi connectivity index (χ1) is 20.0. The van der Waals surface area contributed by atoms with Crippen molar-refractivity contribution in [3.63, 3.8) is 0 Å². The summed E-state index contributed by atoms with van der Waals surface area (Å²) in [6.07, 6.45) is 2.09. The highest BCUT2D eigenvalue weighted by Gasteiger charge is 2.31. The zero-order valence-corrected chi connectivity index (χ0v) is 22.5. The van der Waals surface area contributed by atoms with Crippen molar-refractivity contribution in [1.29, 1.82) is 0 Å². The molecule has 0 saturated carbocycles. The van der Waals surface area contributed by atoms with Crippen LogP contribution in [0, 0.1) is 5.95 Å². The van der Waals surface area contributed by atoms with Crippen molar-refractivity contribution >= 4 is 23.2 Å². The van der Waals surface area contributed by atoms with Gasteiger partial charge in [-0.25, -0.2) is 9.98 Å². The first-order valence-corrected chi connectivity index (χ1v) is 13.7. The molecule has 4 aromatic rings. The van der Waals surface area contributed by atoms with E-state index < -0.39 is 23.9 Å². The molecule has 2 aromatic heterocycles. The molecule has 1 saturated heterocycles. The van der Waals surface area contributed by atoms with Crippen LogP contribution in [0.4, 0.5) is 10.1 Å². The Hall–Kier alpha value is -4.70. The normalized spacial score (nSPS) is 17.3. The molecule has 41 heavy (non-hydrogen) atoms. The average Bonchev–Trinajstić information content (AvgIpc) is 3.39. The number of rotatable bonds is 6. The molecule has 2 N–H and O–H groups in total. The highest BCUT2D eigenvalue weighted by atomic mass is 19.1. The fourth-order valence-corrected chi connectivity index (χ4v) is 5.23. The van der Waals surface area contributed by atoms with Crippen LogP contribution >= 0.6 is 0 Å². The monoisotopic (exact) mass is 552 g/mol. The Bertz CT molecular complexity index is 1630. The van der Waals surface area contributed by atoms with E-state index in [-0.39, 0.29) is 17.2 Å². The Kier molecular flexibility index (Phi) is 7.39. The lowest BCUT2D eigenvalue weighted by Gasteiger charge is -2.24. The summed E-state index contributed by atoms with van der Waals surface area (Å²) in [6.45, 7) is 2.98. The minimum Gasteiger partial charge on any atom is -0.381 e. The number of para-hydroxylation sites is 1. The van der Waals surface area contributed by atoms with Gasteiger partial charge in [0.25, 0.3) is 11.8 Å². The van der Waals surface area contributed by atoms with E-state index in [0.717, 1.165) is 11.1 Å². The van der Waals surface area contributed by atoms with Crippen molar-refractivity contribution in [3.05, 3.63) is 101 Å². The molecule has 10 heteroatoms. The molecule has 2 aliphatic rings. The smallest absolute Gasteiger partial charge is 0.269 e. The van der Waals surface area contributed by atoms with Gasteiger partial charge in [0.2, 0.25) is 12.1 Å². The quantitative estimate of drug-likeness (QED) is 0.341. The second-order valence-electron chi connectivity index (χ2n) is 9.94. The number of fused-ring (bicyclic) bond motifs is 1. The van der Waals surface area contributed by atoms with Gasteiger partial charge in [0, 0.05) is 30.0 Å². The van der Waals surface area contributed by atoms with Crippen molar-refractivity contribution in [2.75, 3.05) is 18.5 Å². The summed E-state index contributed by atoms with van der Waals surface area (Å²) in [4.78, 5) is 36.0. The van der Waals surface area contributed by atoms with Gasteiger partial charge in [-0.2, -0.15) is 9.49 Å². The zero-order chi connectivity index (χ0) is 28.3. The van der Waals surface area contributed by atoms with Gasteiger partial charge in [-0.1, -0.05) is 55.5 Å². The third-order valence-corrected chi connectivity index (χ3v) is 7.36. The van der Waals surface area contributed by atoms with E-state index in [9.17, 15) is 9.59 Å². The van der Waals surface area contributed by atoms with Crippen LogP contribution < -0.4 is 10.6 Å². The van der Waals surface area contributed by atoms with Crippen LogP contribution in [0.2, 0.25) is 0 Å². The number of carbonyl (C=O) groups excluding carboxylic acids is 2. The molecule has 208 valence electrons. The predicted molar refractivity (Wildman–Crippen MR) is 152 cm³/mol. The van der Waals surface area contributed by atoms with Crippen molar-refractivity contribution in [2.45, 2.75) is 38.4 Å². The summed E-state index contributed by atoms with van der Waals surface area (Å²) in [6, 6.07) is 20.1. The highest BCUT2D eigenvalue weighted by molar-refractivity contribution is 6.20. The number of aromatic nitrogens is 3. The number of amides is 2. The van der Waals surface area contributed by atoms with E-state index in [1.807, 2.05) is 55.5 Å². The number of carbonyl (C=O) groups is 2. The first-order valence-electron chi connectivity index (χ1n) is 13.7. The number of benzodiazepines with no additional fused rings is 1. The third kappa shape index (κ3) is 5.26. The van der Waals surface area contributed by atoms with Crippen molar-refractivity contribution < 1.29 is 18.7 Å². The van der Waals surface area contributed by atoms with Gasteiger partial charge < -0.3 is 15.4 Å². The van der Waals surface area contributed by atoms with E-state index in [1.54, 1.807) is 22.9 Å². The SMILES string of the molecule is CCc1ccc(-c2c(C(=O)N[C@H]3N=C(c4ccccc4)c4ccccc4NC3=O)cnn2C2CCOCC2)c(F)n1. The number of aryl methyl sites for hydroxylation is 1. The molecule has 2 amide bonds. The van der Waals surface area contributed by atoms with E-state index in [2.05, 4.69) is 20.7 Å². The Balaban J connectivity index is 1.40. The lowest BCUT2D eigenvalue weighted by atomic mass is 10.0. The van der Waals surface area contributed by atoms with Crippen molar-refractivity contribution in [3.8, 4) is 11.3 Å². The summed E-state index contributed by atoms with van der Waals surface area (Å²) in [5.41, 5.74) is 3.91. The average molecular weight is 553 g/mol. The zero-order valence-electron chi connectivity index (χ0n) is 22.5. The van der Waals surface area contributed by atoms with E-state index >= 15 is 4.39 Å². The number of pyridine rings is 1. The van der Waals surface area contributed by atoms with Crippen molar-refractivity contribution in [2.24, 2.45) is 4.99 Å². The summed E-state index contributed by atoms with van der Waals surface area (Å²) < 4.78 is 22.6. The number of nitrogens with zero attached hydrogens (tertiary/aromatic N) is 4. The van der Waals surface area contributed by atoms with Gasteiger partial charge >= 0.3 is 0 Å². The minimum absolute atomic E-state index is 0.0797. The molecule has 0 spiro atoms. The molecular formula is C31H29FN6O3. The maximum Gasteiger partial charge on any atom is 0.269 e. The van der Waals surface area contributed by atoms with Gasteiger partial charge in [-0.3, -0.25) is 14.3 Å². The standard InChI is InChI=1S/C31H29FN6O3/c1-2-20-12-13-23(28(32)34-20)27-24(18-33-38(27)21-14-16-41-17-15-21)30(39)37-29-31(40)35-25-11-7-6-10-22(25)26(36-29)19-8-4-3-5-9-19/h3-13,18,21,29H,2,14-17H2,1H3,(H,35,40)(H,37,39)/t29-/m1/s1. The molecule has 2 aromatic carbocycles. The van der Waals surface area contributed by atoms with Gasteiger partial charge in [-0.15, -0.1) is 0 Å². The van der Waals surface area contributed by atoms with Crippen LogP contribution in [0.15, 0.2) is 77.9 Å². The second kappa shape index (κ2) is 11.4. The van der Waals surface area contributed by atoms with Gasteiger partial charge in [0.1, 0.15) is 0 Å². The van der Waals surface area contributed by atoms with Crippen LogP contribution in [0.1, 0.15) is 53.0 Å². The van der Waals surface area contributed by atoms with E-state index in [4.69, 9.17) is 9.73 Å². The molecule has 0 unspecified atom stereocenters. The van der Waals surface area contributed by atoms with Gasteiger partial charge in [0.05, 0.1) is 40.5 Å². The number of halogens is 1. The van der Waals surface area contributed by atoms with Crippen LogP contribution in [-0.4, -0.2) is 51.7 Å². The number of benzene rings is 2. The lowest BCUT2D eigenvalue weighted by Crippen LogP contribution is -2.42. The molecular weight excluding hydrogens is 523 g/mol. The lowest BCUT2D eigenvalue weighted by molar-refractivity contribution is -0.117. The number of hydrogen-bond acceptors (Lipinski definition) is 6. The third-order valence-electron chi connectivity index (χ3n) is 7.36. The topological polar surface area (TPSA) is 110 Å². The minimum atomic E-state index is -1.24. The van der Waals surface area contributed by atoms with Gasteiger partial charge in [0.15, 0.2) is 0 Å². The van der Waals surface area contributed by atoms with Crippen LogP contribution in [0.3, 0.4) is 0 Å². The van der Waals surface area contributed by atoms with Crippen molar-refractivity contribution in [1.82, 2.24) is 20.1 Å². The molecule has 2 aliphatic heterocycles. The molecule has 0 bridgehead atoms. The number of hydrogen-bond donors (Lipinski definition) is 2. The second-order valence-corrected chi connectivity index (χ2v) is 9.94. The molecule has 1 atom stereocenters. The maximum absolute atomic E-state index is 15.4. The Labute approximate surface area is 236 Å². The fourth-order valence-electron chi connectivity index (χ4n) is 5.23. The first kappa shape index (κ1) is 26.5. The summed E-state index contributed by atoms with van der Waals surface area (Å²) in [5.74, 6) is -1.77. The molecule has 9 nitrogen and oxygen atoms in total. The maximum atomic E-state index is 15.4. The Morgan fingerprint density at radius 2 is 1.80 bits per heavy atom.